The number of nitrogens with zero attached hydrogens (tertiary/aromatic N) is 1. The molecule has 1 aromatic heterocycles. The van der Waals surface area contributed by atoms with E-state index in [1.807, 2.05) is 35.2 Å². The Kier molecular flexibility index (Phi) is 5.10. The van der Waals surface area contributed by atoms with Crippen LogP contribution in [0.15, 0.2) is 46.9 Å². The Hall–Kier alpha value is -3.35. The van der Waals surface area contributed by atoms with E-state index < -0.39 is 17.8 Å². The number of nitrogens with one attached hydrogen (secondary N) is 1. The van der Waals surface area contributed by atoms with Gasteiger partial charge in [0.2, 0.25) is 5.91 Å². The highest BCUT2D eigenvalue weighted by molar-refractivity contribution is 6.07. The van der Waals surface area contributed by atoms with Crippen LogP contribution < -0.4 is 5.32 Å². The van der Waals surface area contributed by atoms with Crippen molar-refractivity contribution in [2.75, 3.05) is 18.5 Å². The van der Waals surface area contributed by atoms with E-state index >= 15 is 0 Å². The molecule has 3 aromatic rings. The van der Waals surface area contributed by atoms with Gasteiger partial charge in [-0.05, 0) is 37.1 Å². The van der Waals surface area contributed by atoms with Gasteiger partial charge in [0.25, 0.3) is 5.91 Å². The minimum Gasteiger partial charge on any atom is -0.456 e. The lowest BCUT2D eigenvalue weighted by atomic mass is 10.1. The molecule has 2 fully saturated rings. The number of benzene rings is 2. The van der Waals surface area contributed by atoms with Crippen molar-refractivity contribution in [1.29, 1.82) is 0 Å². The second-order valence-electron chi connectivity index (χ2n) is 8.35. The molecule has 1 saturated heterocycles. The van der Waals surface area contributed by atoms with Crippen LogP contribution in [0.25, 0.3) is 21.9 Å². The number of esters is 1. The summed E-state index contributed by atoms with van der Waals surface area (Å²) in [5.41, 5.74) is 2.12. The van der Waals surface area contributed by atoms with Gasteiger partial charge in [-0.25, -0.2) is 0 Å². The molecule has 0 bridgehead atoms. The molecule has 0 spiro atoms. The fraction of sp³-hybridized carbons (Fsp3) is 0.375. The van der Waals surface area contributed by atoms with Crippen molar-refractivity contribution in [3.63, 3.8) is 0 Å². The molecule has 160 valence electrons. The largest absolute Gasteiger partial charge is 0.456 e. The average Bonchev–Trinajstić information content (AvgIpc) is 3.50. The van der Waals surface area contributed by atoms with Gasteiger partial charge in [0.15, 0.2) is 6.61 Å². The van der Waals surface area contributed by atoms with E-state index in [2.05, 4.69) is 5.32 Å². The van der Waals surface area contributed by atoms with Crippen LogP contribution in [0.1, 0.15) is 32.1 Å². The first kappa shape index (κ1) is 19.6. The summed E-state index contributed by atoms with van der Waals surface area (Å²) in [4.78, 5) is 38.8. The highest BCUT2D eigenvalue weighted by Gasteiger charge is 2.39. The van der Waals surface area contributed by atoms with Gasteiger partial charge < -0.3 is 19.4 Å². The van der Waals surface area contributed by atoms with Crippen molar-refractivity contribution in [2.45, 2.75) is 38.1 Å². The summed E-state index contributed by atoms with van der Waals surface area (Å²) in [6.07, 6.45) is 4.44. The summed E-state index contributed by atoms with van der Waals surface area (Å²) >= 11 is 0. The minimum atomic E-state index is -0.491. The van der Waals surface area contributed by atoms with Gasteiger partial charge in [0.05, 0.1) is 5.92 Å². The molecule has 1 aliphatic carbocycles. The van der Waals surface area contributed by atoms with Crippen molar-refractivity contribution in [2.24, 2.45) is 5.92 Å². The monoisotopic (exact) mass is 420 g/mol. The van der Waals surface area contributed by atoms with Crippen molar-refractivity contribution >= 4 is 45.4 Å². The number of hydrogen-bond donors (Lipinski definition) is 1. The Balaban J connectivity index is 1.18. The Morgan fingerprint density at radius 2 is 1.84 bits per heavy atom. The second kappa shape index (κ2) is 8.06. The van der Waals surface area contributed by atoms with Gasteiger partial charge in [-0.2, -0.15) is 0 Å². The molecule has 1 saturated carbocycles. The van der Waals surface area contributed by atoms with E-state index in [-0.39, 0.29) is 25.0 Å². The topological polar surface area (TPSA) is 88.9 Å². The number of anilines is 1. The molecule has 0 radical (unpaired) electrons. The summed E-state index contributed by atoms with van der Waals surface area (Å²) in [5.74, 6) is -1.38. The quantitative estimate of drug-likeness (QED) is 0.633. The third kappa shape index (κ3) is 3.87. The Morgan fingerprint density at radius 3 is 2.68 bits per heavy atom. The van der Waals surface area contributed by atoms with Gasteiger partial charge in [0.1, 0.15) is 11.2 Å². The third-order valence-electron chi connectivity index (χ3n) is 6.26. The Morgan fingerprint density at radius 1 is 1.06 bits per heavy atom. The van der Waals surface area contributed by atoms with Crippen LogP contribution in [0.4, 0.5) is 5.69 Å². The van der Waals surface area contributed by atoms with E-state index in [9.17, 15) is 14.4 Å². The molecule has 2 aromatic carbocycles. The number of hydrogen-bond acceptors (Lipinski definition) is 5. The molecular weight excluding hydrogens is 396 g/mol. The SMILES string of the molecule is O=C(COC(=O)[C@H]1CC(=O)N(C2CCCC2)C1)Nc1ccc2oc3ccccc3c2c1. The van der Waals surface area contributed by atoms with Crippen LogP contribution in [0.5, 0.6) is 0 Å². The fourth-order valence-electron chi connectivity index (χ4n) is 4.71. The van der Waals surface area contributed by atoms with Gasteiger partial charge >= 0.3 is 5.97 Å². The summed E-state index contributed by atoms with van der Waals surface area (Å²) in [7, 11) is 0. The summed E-state index contributed by atoms with van der Waals surface area (Å²) < 4.78 is 11.0. The van der Waals surface area contributed by atoms with Gasteiger partial charge in [-0.3, -0.25) is 14.4 Å². The van der Waals surface area contributed by atoms with Crippen LogP contribution >= 0.6 is 0 Å². The standard InChI is InChI=1S/C24H24N2O5/c27-22(14-30-24(29)15-11-23(28)26(13-15)17-5-1-2-6-17)25-16-9-10-21-19(12-16)18-7-3-4-8-20(18)31-21/h3-4,7-10,12,15,17H,1-2,5-6,11,13-14H2,(H,25,27)/t15-/m0/s1. The van der Waals surface area contributed by atoms with Crippen LogP contribution in [0, 0.1) is 5.92 Å². The Bertz CT molecular complexity index is 1160. The van der Waals surface area contributed by atoms with Gasteiger partial charge in [0, 0.05) is 35.5 Å². The smallest absolute Gasteiger partial charge is 0.311 e. The zero-order valence-corrected chi connectivity index (χ0v) is 17.1. The number of rotatable bonds is 5. The van der Waals surface area contributed by atoms with Crippen molar-refractivity contribution in [1.82, 2.24) is 4.90 Å². The maximum absolute atomic E-state index is 12.4. The van der Waals surface area contributed by atoms with Crippen molar-refractivity contribution < 1.29 is 23.5 Å². The molecule has 7 nitrogen and oxygen atoms in total. The molecule has 2 aliphatic rings. The van der Waals surface area contributed by atoms with Gasteiger partial charge in [-0.15, -0.1) is 0 Å². The third-order valence-corrected chi connectivity index (χ3v) is 6.26. The lowest BCUT2D eigenvalue weighted by Gasteiger charge is -2.23. The number of carbonyl (C=O) groups is 3. The molecule has 5 rings (SSSR count). The predicted molar refractivity (Wildman–Crippen MR) is 115 cm³/mol. The number of furan rings is 1. The van der Waals surface area contributed by atoms with Crippen LogP contribution in [0.2, 0.25) is 0 Å². The zero-order chi connectivity index (χ0) is 21.4. The molecule has 2 heterocycles. The summed E-state index contributed by atoms with van der Waals surface area (Å²) in [6.45, 7) is 0.0192. The summed E-state index contributed by atoms with van der Waals surface area (Å²) in [5, 5.41) is 4.64. The minimum absolute atomic E-state index is 0.0129. The molecule has 1 aliphatic heterocycles. The number of amides is 2. The van der Waals surface area contributed by atoms with Crippen LogP contribution in [-0.2, 0) is 19.1 Å². The highest BCUT2D eigenvalue weighted by atomic mass is 16.5. The first-order chi connectivity index (χ1) is 15.1. The number of ether oxygens (including phenoxy) is 1. The molecule has 0 unspecified atom stereocenters. The number of carbonyl (C=O) groups excluding carboxylic acids is 3. The van der Waals surface area contributed by atoms with Crippen LogP contribution in [-0.4, -0.2) is 41.9 Å². The van der Waals surface area contributed by atoms with Crippen molar-refractivity contribution in [3.8, 4) is 0 Å². The number of likely N-dealkylation sites (tertiary alicyclic amines) is 1. The van der Waals surface area contributed by atoms with E-state index in [4.69, 9.17) is 9.15 Å². The predicted octanol–water partition coefficient (Wildman–Crippen LogP) is 3.86. The molecule has 2 amide bonds. The molecular formula is C24H24N2O5. The highest BCUT2D eigenvalue weighted by Crippen LogP contribution is 2.31. The van der Waals surface area contributed by atoms with E-state index in [1.54, 1.807) is 12.1 Å². The first-order valence-electron chi connectivity index (χ1n) is 10.8. The van der Waals surface area contributed by atoms with Gasteiger partial charge in [-0.1, -0.05) is 31.0 Å². The average molecular weight is 420 g/mol. The maximum atomic E-state index is 12.4. The fourth-order valence-corrected chi connectivity index (χ4v) is 4.71. The van der Waals surface area contributed by atoms with E-state index in [1.165, 1.54) is 0 Å². The number of para-hydroxylation sites is 1. The summed E-state index contributed by atoms with van der Waals surface area (Å²) in [6, 6.07) is 13.4. The zero-order valence-electron chi connectivity index (χ0n) is 17.1. The number of fused-ring (bicyclic) bond motifs is 3. The lowest BCUT2D eigenvalue weighted by molar-refractivity contribution is -0.151. The van der Waals surface area contributed by atoms with Crippen LogP contribution in [0.3, 0.4) is 0 Å². The molecule has 1 atom stereocenters. The molecule has 31 heavy (non-hydrogen) atoms. The second-order valence-corrected chi connectivity index (χ2v) is 8.35. The van der Waals surface area contributed by atoms with E-state index in [0.717, 1.165) is 47.6 Å². The lowest BCUT2D eigenvalue weighted by Crippen LogP contribution is -2.35. The van der Waals surface area contributed by atoms with Crippen molar-refractivity contribution in [3.05, 3.63) is 42.5 Å². The molecule has 1 N–H and O–H groups in total. The Labute approximate surface area is 179 Å². The normalized spacial score (nSPS) is 19.4. The maximum Gasteiger partial charge on any atom is 0.311 e. The first-order valence-corrected chi connectivity index (χ1v) is 10.8. The van der Waals surface area contributed by atoms with E-state index in [0.29, 0.717) is 12.2 Å². The molecule has 7 heteroatoms.